The Morgan fingerprint density at radius 2 is 1.84 bits per heavy atom. The van der Waals surface area contributed by atoms with Crippen LogP contribution >= 0.6 is 0 Å². The summed E-state index contributed by atoms with van der Waals surface area (Å²) >= 11 is 0. The van der Waals surface area contributed by atoms with Crippen LogP contribution in [-0.2, 0) is 26.2 Å². The van der Waals surface area contributed by atoms with Crippen LogP contribution in [0.15, 0.2) is 53.4 Å². The molecule has 126 valence electrons. The van der Waals surface area contributed by atoms with Gasteiger partial charge in [0.05, 0.1) is 22.1 Å². The number of carbonyl (C=O) groups excluding carboxylic acids is 1. The van der Waals surface area contributed by atoms with E-state index in [0.717, 1.165) is 0 Å². The van der Waals surface area contributed by atoms with Crippen molar-refractivity contribution in [1.82, 2.24) is 4.72 Å². The first-order valence-electron chi connectivity index (χ1n) is 7.10. The Hall–Kier alpha value is -3.20. The Labute approximate surface area is 145 Å². The van der Waals surface area contributed by atoms with E-state index < -0.39 is 22.5 Å². The van der Waals surface area contributed by atoms with Crippen LogP contribution in [-0.4, -0.2) is 20.9 Å². The van der Waals surface area contributed by atoms with Crippen molar-refractivity contribution in [3.63, 3.8) is 0 Å². The van der Waals surface area contributed by atoms with Crippen molar-refractivity contribution in [2.75, 3.05) is 6.54 Å². The summed E-state index contributed by atoms with van der Waals surface area (Å²) in [6.07, 6.45) is 0. The number of esters is 1. The molecular weight excluding hydrogens is 342 g/mol. The minimum atomic E-state index is -4.01. The first-order valence-corrected chi connectivity index (χ1v) is 8.58. The Bertz CT molecular complexity index is 972. The number of nitrogens with one attached hydrogen (secondary N) is 1. The molecule has 0 saturated carbocycles. The molecule has 0 fully saturated rings. The summed E-state index contributed by atoms with van der Waals surface area (Å²) < 4.78 is 31.4. The molecule has 2 rings (SSSR count). The molecule has 0 amide bonds. The predicted octanol–water partition coefficient (Wildman–Crippen LogP) is 1.45. The molecule has 2 aromatic rings. The van der Waals surface area contributed by atoms with Crippen LogP contribution in [0.5, 0.6) is 0 Å². The molecule has 0 aliphatic heterocycles. The molecule has 0 aliphatic carbocycles. The normalized spacial score (nSPS) is 10.5. The lowest BCUT2D eigenvalue weighted by molar-refractivity contribution is -0.143. The van der Waals surface area contributed by atoms with Gasteiger partial charge in [-0.15, -0.1) is 0 Å². The zero-order valence-electron chi connectivity index (χ0n) is 13.0. The van der Waals surface area contributed by atoms with Gasteiger partial charge >= 0.3 is 5.97 Å². The largest absolute Gasteiger partial charge is 0.460 e. The molecule has 25 heavy (non-hydrogen) atoms. The van der Waals surface area contributed by atoms with Crippen LogP contribution in [0.1, 0.15) is 16.7 Å². The van der Waals surface area contributed by atoms with Gasteiger partial charge in [-0.1, -0.05) is 24.3 Å². The first kappa shape index (κ1) is 18.1. The van der Waals surface area contributed by atoms with Crippen molar-refractivity contribution < 1.29 is 17.9 Å². The Morgan fingerprint density at radius 1 is 1.08 bits per heavy atom. The second-order valence-electron chi connectivity index (χ2n) is 4.91. The Morgan fingerprint density at radius 3 is 2.56 bits per heavy atom. The minimum Gasteiger partial charge on any atom is -0.460 e. The number of ether oxygens (including phenoxy) is 1. The van der Waals surface area contributed by atoms with Gasteiger partial charge in [0.1, 0.15) is 19.2 Å². The lowest BCUT2D eigenvalue weighted by Crippen LogP contribution is -2.31. The van der Waals surface area contributed by atoms with E-state index in [9.17, 15) is 13.2 Å². The summed E-state index contributed by atoms with van der Waals surface area (Å²) in [6.45, 7) is -0.648. The van der Waals surface area contributed by atoms with Gasteiger partial charge in [0.25, 0.3) is 0 Å². The van der Waals surface area contributed by atoms with Gasteiger partial charge in [-0.05, 0) is 29.8 Å². The van der Waals surface area contributed by atoms with Crippen molar-refractivity contribution in [3.8, 4) is 12.1 Å². The number of hydrogen-bond donors (Lipinski definition) is 1. The fraction of sp³-hybridized carbons (Fsp3) is 0.118. The van der Waals surface area contributed by atoms with Gasteiger partial charge in [0.15, 0.2) is 0 Å². The number of sulfonamides is 1. The average molecular weight is 355 g/mol. The molecule has 0 saturated heterocycles. The van der Waals surface area contributed by atoms with Crippen molar-refractivity contribution in [2.45, 2.75) is 11.5 Å². The van der Waals surface area contributed by atoms with E-state index in [1.54, 1.807) is 36.4 Å². The molecule has 7 nitrogen and oxygen atoms in total. The number of benzene rings is 2. The maximum atomic E-state index is 12.2. The van der Waals surface area contributed by atoms with Crippen LogP contribution in [0.2, 0.25) is 0 Å². The summed E-state index contributed by atoms with van der Waals surface area (Å²) in [6, 6.07) is 16.0. The molecule has 0 bridgehead atoms. The maximum Gasteiger partial charge on any atom is 0.321 e. The standard InChI is InChI=1S/C17H13N3O4S/c18-9-13-4-3-5-14(8-13)12-24-17(21)11-20-25(22,23)16-7-2-1-6-15(16)10-19/h1-8,20H,11-12H2. The summed E-state index contributed by atoms with van der Waals surface area (Å²) in [5, 5.41) is 17.8. The number of hydrogen-bond acceptors (Lipinski definition) is 6. The highest BCUT2D eigenvalue weighted by atomic mass is 32.2. The van der Waals surface area contributed by atoms with E-state index in [0.29, 0.717) is 11.1 Å². The van der Waals surface area contributed by atoms with Gasteiger partial charge in [0, 0.05) is 0 Å². The van der Waals surface area contributed by atoms with Crippen LogP contribution < -0.4 is 4.72 Å². The summed E-state index contributed by atoms with van der Waals surface area (Å²) in [5.74, 6) is -0.777. The summed E-state index contributed by atoms with van der Waals surface area (Å²) in [5.41, 5.74) is 1.03. The fourth-order valence-electron chi connectivity index (χ4n) is 1.97. The molecule has 0 unspecified atom stereocenters. The highest BCUT2D eigenvalue weighted by Crippen LogP contribution is 2.13. The SMILES string of the molecule is N#Cc1cccc(COC(=O)CNS(=O)(=O)c2ccccc2C#N)c1. The van der Waals surface area contributed by atoms with Crippen LogP contribution in [0, 0.1) is 22.7 Å². The minimum absolute atomic E-state index is 0.0170. The molecule has 0 aliphatic rings. The molecule has 0 spiro atoms. The van der Waals surface area contributed by atoms with Gasteiger partial charge in [-0.3, -0.25) is 4.79 Å². The molecule has 0 aromatic heterocycles. The van der Waals surface area contributed by atoms with E-state index in [2.05, 4.69) is 4.72 Å². The van der Waals surface area contributed by atoms with Gasteiger partial charge in [-0.25, -0.2) is 8.42 Å². The number of nitriles is 2. The quantitative estimate of drug-likeness (QED) is 0.783. The monoisotopic (exact) mass is 355 g/mol. The molecular formula is C17H13N3O4S. The van der Waals surface area contributed by atoms with Gasteiger partial charge in [-0.2, -0.15) is 15.2 Å². The van der Waals surface area contributed by atoms with E-state index in [1.165, 1.54) is 18.2 Å². The van der Waals surface area contributed by atoms with E-state index in [-0.39, 0.29) is 17.1 Å². The number of carbonyl (C=O) groups is 1. The third-order valence-corrected chi connectivity index (χ3v) is 4.62. The zero-order chi connectivity index (χ0) is 18.3. The maximum absolute atomic E-state index is 12.2. The molecule has 2 aromatic carbocycles. The zero-order valence-corrected chi connectivity index (χ0v) is 13.8. The average Bonchev–Trinajstić information content (AvgIpc) is 2.65. The van der Waals surface area contributed by atoms with E-state index >= 15 is 0 Å². The molecule has 0 atom stereocenters. The third kappa shape index (κ3) is 4.88. The number of rotatable bonds is 6. The fourth-order valence-corrected chi connectivity index (χ4v) is 3.09. The highest BCUT2D eigenvalue weighted by molar-refractivity contribution is 7.89. The van der Waals surface area contributed by atoms with Crippen LogP contribution in [0.4, 0.5) is 0 Å². The topological polar surface area (TPSA) is 120 Å². The molecule has 1 N–H and O–H groups in total. The third-order valence-electron chi connectivity index (χ3n) is 3.16. The van der Waals surface area contributed by atoms with Gasteiger partial charge < -0.3 is 4.74 Å². The van der Waals surface area contributed by atoms with E-state index in [4.69, 9.17) is 15.3 Å². The van der Waals surface area contributed by atoms with Crippen molar-refractivity contribution >= 4 is 16.0 Å². The van der Waals surface area contributed by atoms with Crippen LogP contribution in [0.3, 0.4) is 0 Å². The first-order chi connectivity index (χ1) is 12.0. The van der Waals surface area contributed by atoms with Crippen molar-refractivity contribution in [2.24, 2.45) is 0 Å². The van der Waals surface area contributed by atoms with E-state index in [1.807, 2.05) is 6.07 Å². The number of nitrogens with zero attached hydrogens (tertiary/aromatic N) is 2. The lowest BCUT2D eigenvalue weighted by Gasteiger charge is -2.08. The highest BCUT2D eigenvalue weighted by Gasteiger charge is 2.19. The second kappa shape index (κ2) is 8.06. The van der Waals surface area contributed by atoms with Crippen molar-refractivity contribution in [3.05, 3.63) is 65.2 Å². The predicted molar refractivity (Wildman–Crippen MR) is 87.3 cm³/mol. The van der Waals surface area contributed by atoms with Crippen LogP contribution in [0.25, 0.3) is 0 Å². The van der Waals surface area contributed by atoms with Crippen molar-refractivity contribution in [1.29, 1.82) is 10.5 Å². The van der Waals surface area contributed by atoms with Gasteiger partial charge in [0.2, 0.25) is 10.0 Å². The smallest absolute Gasteiger partial charge is 0.321 e. The lowest BCUT2D eigenvalue weighted by atomic mass is 10.1. The second-order valence-corrected chi connectivity index (χ2v) is 6.64. The molecule has 8 heteroatoms. The molecule has 0 heterocycles. The molecule has 0 radical (unpaired) electrons. The summed E-state index contributed by atoms with van der Waals surface area (Å²) in [7, 11) is -4.01. The Kier molecular flexibility index (Phi) is 5.85. The Balaban J connectivity index is 1.95. The summed E-state index contributed by atoms with van der Waals surface area (Å²) in [4.78, 5) is 11.5.